The van der Waals surface area contributed by atoms with Crippen LogP contribution in [0.4, 0.5) is 0 Å². The van der Waals surface area contributed by atoms with Gasteiger partial charge in [-0.1, -0.05) is 56.1 Å². The Hall–Kier alpha value is -2.11. The number of carbonyl (C=O) groups excluding carboxylic acids is 1. The summed E-state index contributed by atoms with van der Waals surface area (Å²) >= 11 is 12.4. The molecule has 0 saturated carbocycles. The third kappa shape index (κ3) is 4.88. The number of benzene rings is 1. The average Bonchev–Trinajstić information content (AvgIpc) is 2.72. The maximum atomic E-state index is 13.8. The fourth-order valence-electron chi connectivity index (χ4n) is 4.82. The molecule has 166 valence electrons. The van der Waals surface area contributed by atoms with E-state index in [0.717, 1.165) is 24.1 Å². The predicted octanol–water partition coefficient (Wildman–Crippen LogP) is 6.12. The highest BCUT2D eigenvalue weighted by Crippen LogP contribution is 2.52. The number of carbonyl (C=O) groups is 2. The topological polar surface area (TPSA) is 70.5 Å². The van der Waals surface area contributed by atoms with Gasteiger partial charge < -0.3 is 10.0 Å². The van der Waals surface area contributed by atoms with Crippen molar-refractivity contribution in [1.82, 2.24) is 9.88 Å². The summed E-state index contributed by atoms with van der Waals surface area (Å²) in [5.41, 5.74) is 0.686. The van der Waals surface area contributed by atoms with Gasteiger partial charge in [0.1, 0.15) is 0 Å². The lowest BCUT2D eigenvalue weighted by Gasteiger charge is -2.51. The number of aromatic nitrogens is 1. The van der Waals surface area contributed by atoms with Crippen LogP contribution in [-0.4, -0.2) is 32.9 Å². The van der Waals surface area contributed by atoms with Crippen molar-refractivity contribution in [3.8, 4) is 0 Å². The number of carboxylic acids is 1. The Bertz CT molecular complexity index is 946. The molecule has 1 amide bonds. The van der Waals surface area contributed by atoms with Crippen molar-refractivity contribution in [2.24, 2.45) is 5.41 Å². The highest BCUT2D eigenvalue weighted by Gasteiger charge is 2.52. The van der Waals surface area contributed by atoms with E-state index in [9.17, 15) is 14.7 Å². The van der Waals surface area contributed by atoms with E-state index >= 15 is 0 Å². The van der Waals surface area contributed by atoms with Crippen LogP contribution in [-0.2, 0) is 9.59 Å². The first-order valence-corrected chi connectivity index (χ1v) is 11.4. The summed E-state index contributed by atoms with van der Waals surface area (Å²) in [5.74, 6) is -1.27. The molecule has 31 heavy (non-hydrogen) atoms. The molecule has 1 fully saturated rings. The number of pyridine rings is 1. The van der Waals surface area contributed by atoms with Gasteiger partial charge in [0.05, 0.1) is 28.6 Å². The molecule has 1 aliphatic heterocycles. The predicted molar refractivity (Wildman–Crippen MR) is 122 cm³/mol. The van der Waals surface area contributed by atoms with Gasteiger partial charge in [-0.15, -0.1) is 0 Å². The molecule has 1 N–H and O–H groups in total. The van der Waals surface area contributed by atoms with Crippen molar-refractivity contribution in [1.29, 1.82) is 0 Å². The Labute approximate surface area is 193 Å². The number of nitrogens with zero attached hydrogens (tertiary/aromatic N) is 2. The Morgan fingerprint density at radius 1 is 1.23 bits per heavy atom. The standard InChI is InChI=1S/C24H28Cl2N2O3/c1-4-18(5-2)28-22(20-10-9-17(26)14-27-20)19(15-7-6-8-16(25)11-15)12-24(3,23(28)31)13-21(29)30/h6-11,14,18-19,22H,4-5,12-13H2,1-3H3,(H,29,30)/t19-,22+,24-/m1/s1. The fourth-order valence-corrected chi connectivity index (χ4v) is 5.13. The highest BCUT2D eigenvalue weighted by molar-refractivity contribution is 6.30. The molecule has 3 atom stereocenters. The SMILES string of the molecule is CCC(CC)N1C(=O)[C@@](C)(CC(=O)O)C[C@H](c2cccc(Cl)c2)[C@H]1c1ccc(Cl)cn1. The Kier molecular flexibility index (Phi) is 7.28. The van der Waals surface area contributed by atoms with Gasteiger partial charge in [-0.25, -0.2) is 0 Å². The molecule has 1 aliphatic rings. The lowest BCUT2D eigenvalue weighted by atomic mass is 9.67. The van der Waals surface area contributed by atoms with Crippen LogP contribution in [0.1, 0.15) is 69.7 Å². The molecule has 0 aliphatic carbocycles. The van der Waals surface area contributed by atoms with Gasteiger partial charge in [0.2, 0.25) is 5.91 Å². The van der Waals surface area contributed by atoms with Crippen LogP contribution in [0.15, 0.2) is 42.6 Å². The normalized spacial score (nSPS) is 23.9. The number of carboxylic acid groups (broad SMARTS) is 1. The van der Waals surface area contributed by atoms with Crippen molar-refractivity contribution in [3.05, 3.63) is 63.9 Å². The summed E-state index contributed by atoms with van der Waals surface area (Å²) in [4.78, 5) is 32.0. The lowest BCUT2D eigenvalue weighted by Crippen LogP contribution is -2.56. The monoisotopic (exact) mass is 462 g/mol. The summed E-state index contributed by atoms with van der Waals surface area (Å²) in [7, 11) is 0. The van der Waals surface area contributed by atoms with Crippen molar-refractivity contribution in [2.45, 2.75) is 64.5 Å². The summed E-state index contributed by atoms with van der Waals surface area (Å²) in [6.45, 7) is 5.86. The molecule has 0 unspecified atom stereocenters. The maximum Gasteiger partial charge on any atom is 0.304 e. The van der Waals surface area contributed by atoms with Gasteiger partial charge in [-0.3, -0.25) is 14.6 Å². The average molecular weight is 463 g/mol. The van der Waals surface area contributed by atoms with Gasteiger partial charge in [-0.2, -0.15) is 0 Å². The maximum absolute atomic E-state index is 13.8. The molecule has 1 saturated heterocycles. The van der Waals surface area contributed by atoms with E-state index in [1.807, 2.05) is 49.1 Å². The third-order valence-electron chi connectivity index (χ3n) is 6.31. The smallest absolute Gasteiger partial charge is 0.304 e. The first kappa shape index (κ1) is 23.6. The Morgan fingerprint density at radius 3 is 2.48 bits per heavy atom. The van der Waals surface area contributed by atoms with E-state index < -0.39 is 11.4 Å². The van der Waals surface area contributed by atoms with Crippen molar-refractivity contribution in [2.75, 3.05) is 0 Å². The summed E-state index contributed by atoms with van der Waals surface area (Å²) in [6, 6.07) is 10.8. The van der Waals surface area contributed by atoms with Crippen molar-refractivity contribution >= 4 is 35.1 Å². The molecule has 0 radical (unpaired) electrons. The molecule has 1 aromatic carbocycles. The van der Waals surface area contributed by atoms with Gasteiger partial charge >= 0.3 is 5.97 Å². The van der Waals surface area contributed by atoms with Crippen LogP contribution < -0.4 is 0 Å². The second-order valence-electron chi connectivity index (χ2n) is 8.53. The Balaban J connectivity index is 2.22. The molecule has 0 bridgehead atoms. The van der Waals surface area contributed by atoms with Crippen LogP contribution in [0.5, 0.6) is 0 Å². The number of halogens is 2. The zero-order chi connectivity index (χ0) is 22.8. The number of rotatable bonds is 7. The highest BCUT2D eigenvalue weighted by atomic mass is 35.5. The van der Waals surface area contributed by atoms with E-state index in [4.69, 9.17) is 23.2 Å². The molecule has 2 heterocycles. The van der Waals surface area contributed by atoms with Crippen molar-refractivity contribution in [3.63, 3.8) is 0 Å². The minimum absolute atomic E-state index is 0.0370. The molecular formula is C24H28Cl2N2O3. The zero-order valence-corrected chi connectivity index (χ0v) is 19.5. The van der Waals surface area contributed by atoms with Gasteiger partial charge in [-0.05, 0) is 49.1 Å². The Morgan fingerprint density at radius 2 is 1.94 bits per heavy atom. The summed E-state index contributed by atoms with van der Waals surface area (Å²) in [6.07, 6.45) is 3.28. The van der Waals surface area contributed by atoms with Gasteiger partial charge in [0, 0.05) is 23.2 Å². The second-order valence-corrected chi connectivity index (χ2v) is 9.40. The largest absolute Gasteiger partial charge is 0.481 e. The van der Waals surface area contributed by atoms with Crippen LogP contribution in [0.25, 0.3) is 0 Å². The number of piperidine rings is 1. The molecule has 2 aromatic rings. The summed E-state index contributed by atoms with van der Waals surface area (Å²) in [5, 5.41) is 10.7. The van der Waals surface area contributed by atoms with Gasteiger partial charge in [0.25, 0.3) is 0 Å². The van der Waals surface area contributed by atoms with E-state index in [1.165, 1.54) is 0 Å². The molecule has 7 heteroatoms. The van der Waals surface area contributed by atoms with E-state index in [2.05, 4.69) is 4.98 Å². The quantitative estimate of drug-likeness (QED) is 0.538. The fraction of sp³-hybridized carbons (Fsp3) is 0.458. The number of aliphatic carboxylic acids is 1. The minimum atomic E-state index is -1.02. The second kappa shape index (κ2) is 9.58. The van der Waals surface area contributed by atoms with Crippen LogP contribution in [0.2, 0.25) is 10.0 Å². The van der Waals surface area contributed by atoms with E-state index in [0.29, 0.717) is 16.5 Å². The zero-order valence-electron chi connectivity index (χ0n) is 18.0. The molecular weight excluding hydrogens is 435 g/mol. The number of likely N-dealkylation sites (tertiary alicyclic amines) is 1. The molecule has 0 spiro atoms. The van der Waals surface area contributed by atoms with Crippen LogP contribution >= 0.6 is 23.2 Å². The molecule has 1 aromatic heterocycles. The van der Waals surface area contributed by atoms with Gasteiger partial charge in [0.15, 0.2) is 0 Å². The summed E-state index contributed by atoms with van der Waals surface area (Å²) < 4.78 is 0. The van der Waals surface area contributed by atoms with Crippen LogP contribution in [0, 0.1) is 5.41 Å². The first-order valence-electron chi connectivity index (χ1n) is 10.6. The molecule has 5 nitrogen and oxygen atoms in total. The van der Waals surface area contributed by atoms with Crippen LogP contribution in [0.3, 0.4) is 0 Å². The van der Waals surface area contributed by atoms with E-state index in [1.54, 1.807) is 19.2 Å². The van der Waals surface area contributed by atoms with E-state index in [-0.39, 0.29) is 30.3 Å². The minimum Gasteiger partial charge on any atom is -0.481 e. The van der Waals surface area contributed by atoms with Crippen molar-refractivity contribution < 1.29 is 14.7 Å². The third-order valence-corrected chi connectivity index (χ3v) is 6.77. The molecule has 3 rings (SSSR count). The number of amides is 1. The number of hydrogen-bond donors (Lipinski definition) is 1. The first-order chi connectivity index (χ1) is 14.7. The number of hydrogen-bond acceptors (Lipinski definition) is 3. The lowest BCUT2D eigenvalue weighted by molar-refractivity contribution is -0.160.